The smallest absolute Gasteiger partial charge is 0.164 e. The molecule has 0 radical (unpaired) electrons. The molecule has 0 amide bonds. The van der Waals surface area contributed by atoms with Crippen molar-refractivity contribution in [3.63, 3.8) is 0 Å². The van der Waals surface area contributed by atoms with Crippen LogP contribution in [0, 0.1) is 0 Å². The second-order valence-corrected chi connectivity index (χ2v) is 31.2. The van der Waals surface area contributed by atoms with Crippen molar-refractivity contribution in [3.8, 4) is 193 Å². The second kappa shape index (κ2) is 32.6. The molecule has 0 bridgehead atoms. The molecule has 598 valence electrons. The Labute approximate surface area is 735 Å². The number of aromatic nitrogens is 16. The Morgan fingerprint density at radius 1 is 0.125 bits per heavy atom. The fourth-order valence-corrected chi connectivity index (χ4v) is 16.9. The maximum absolute atomic E-state index is 5.53. The van der Waals surface area contributed by atoms with Crippen molar-refractivity contribution in [2.75, 3.05) is 0 Å². The van der Waals surface area contributed by atoms with Gasteiger partial charge in [0.1, 0.15) is 0 Å². The number of para-hydroxylation sites is 1. The maximum Gasteiger partial charge on any atom is 0.164 e. The zero-order chi connectivity index (χ0) is 84.8. The molecule has 23 rings (SSSR count). The van der Waals surface area contributed by atoms with E-state index in [4.69, 9.17) is 69.8 Å². The number of rotatable bonds is 18. The van der Waals surface area contributed by atoms with Crippen molar-refractivity contribution in [2.45, 2.75) is 0 Å². The lowest BCUT2D eigenvalue weighted by Crippen LogP contribution is -2.03. The third-order valence-corrected chi connectivity index (χ3v) is 23.2. The molecule has 128 heavy (non-hydrogen) atoms. The molecule has 0 aliphatic heterocycles. The van der Waals surface area contributed by atoms with Crippen LogP contribution in [0.5, 0.6) is 0 Å². The average Bonchev–Trinajstić information content (AvgIpc) is 1.56. The predicted octanol–water partition coefficient (Wildman–Crippen LogP) is 26.1. The normalized spacial score (nSPS) is 11.4. The molecule has 16 aromatic carbocycles. The summed E-state index contributed by atoms with van der Waals surface area (Å²) in [4.78, 5) is 74.0. The van der Waals surface area contributed by atoms with Gasteiger partial charge in [0.2, 0.25) is 0 Å². The Balaban J connectivity index is 0.789. The lowest BCUT2D eigenvalue weighted by Gasteiger charge is -2.20. The highest BCUT2D eigenvalue weighted by atomic mass is 15.1. The Kier molecular flexibility index (Phi) is 19.1. The van der Waals surface area contributed by atoms with Gasteiger partial charge in [0.05, 0.1) is 44.8 Å². The van der Waals surface area contributed by atoms with E-state index in [-0.39, 0.29) is 0 Å². The molecule has 7 heterocycles. The quantitative estimate of drug-likeness (QED) is 0.0788. The van der Waals surface area contributed by atoms with Gasteiger partial charge in [-0.2, -0.15) is 0 Å². The van der Waals surface area contributed by atoms with Crippen LogP contribution in [0.1, 0.15) is 0 Å². The molecular weight excluding hydrogens is 1570 g/mol. The van der Waals surface area contributed by atoms with Gasteiger partial charge in [-0.25, -0.2) is 69.8 Å². The van der Waals surface area contributed by atoms with Gasteiger partial charge in [-0.15, -0.1) is 0 Å². The van der Waals surface area contributed by atoms with E-state index in [0.717, 1.165) is 161 Å². The first-order valence-electron chi connectivity index (χ1n) is 42.3. The van der Waals surface area contributed by atoms with Gasteiger partial charge in [-0.05, 0) is 97.1 Å². The van der Waals surface area contributed by atoms with Crippen molar-refractivity contribution in [1.29, 1.82) is 0 Å². The number of fused-ring (bicyclic) bond motifs is 6. The monoisotopic (exact) mass is 1640 g/mol. The molecule has 7 aromatic heterocycles. The van der Waals surface area contributed by atoms with Gasteiger partial charge in [-0.3, -0.25) is 0 Å². The second-order valence-electron chi connectivity index (χ2n) is 31.2. The van der Waals surface area contributed by atoms with E-state index >= 15 is 0 Å². The van der Waals surface area contributed by atoms with Crippen molar-refractivity contribution >= 4 is 43.6 Å². The minimum atomic E-state index is 0.512. The van der Waals surface area contributed by atoms with Crippen molar-refractivity contribution in [2.24, 2.45) is 0 Å². The fourth-order valence-electron chi connectivity index (χ4n) is 16.9. The summed E-state index contributed by atoms with van der Waals surface area (Å²) >= 11 is 0. The highest BCUT2D eigenvalue weighted by Gasteiger charge is 2.27. The largest absolute Gasteiger partial charge is 0.309 e. The topological polar surface area (TPSA) is 190 Å². The minimum Gasteiger partial charge on any atom is -0.309 e. The Morgan fingerprint density at radius 2 is 0.320 bits per heavy atom. The molecule has 0 N–H and O–H groups in total. The Bertz CT molecular complexity index is 7480. The van der Waals surface area contributed by atoms with Crippen molar-refractivity contribution < 1.29 is 0 Å². The summed E-state index contributed by atoms with van der Waals surface area (Å²) in [6, 6.07) is 145. The summed E-state index contributed by atoms with van der Waals surface area (Å²) in [5, 5.41) is 3.70. The summed E-state index contributed by atoms with van der Waals surface area (Å²) < 4.78 is 4.78. The summed E-state index contributed by atoms with van der Waals surface area (Å²) in [6.45, 7) is 0. The van der Waals surface area contributed by atoms with Gasteiger partial charge in [-0.1, -0.05) is 328 Å². The molecule has 16 heteroatoms. The lowest BCUT2D eigenvalue weighted by molar-refractivity contribution is 1.07. The summed E-state index contributed by atoms with van der Waals surface area (Å²) in [7, 11) is 0. The zero-order valence-electron chi connectivity index (χ0n) is 68.6. The third kappa shape index (κ3) is 14.4. The summed E-state index contributed by atoms with van der Waals surface area (Å²) in [5.74, 6) is 7.07. The first-order valence-corrected chi connectivity index (χ1v) is 42.3. The molecule has 0 atom stereocenters. The zero-order valence-corrected chi connectivity index (χ0v) is 68.6. The SMILES string of the molecule is c1ccc(-c2cc(-c3ccc(-n4c5ccc(-c6nc(-c7ccccc7)nc(-c7ccccc7)n6)cc5c5cc(-c6nc(-c7ccccc7)nc(-c7ccccc7)n6)ccc54)c(-c4ccccc4-n4c5ccc(-c6nc(-c7ccccc7)nc(-c7ccccc7)n6)cc5c5cc(-c6nc(-c7ccccc7)nc(-c7ccccc7)n6)ccc54)c3)nc(-c3ccccc3)n2)cc1. The van der Waals surface area contributed by atoms with E-state index in [0.29, 0.717) is 75.7 Å². The number of benzene rings is 16. The van der Waals surface area contributed by atoms with Crippen LogP contribution in [0.3, 0.4) is 0 Å². The van der Waals surface area contributed by atoms with E-state index in [1.54, 1.807) is 0 Å². The molecule has 0 unspecified atom stereocenters. The molecule has 16 nitrogen and oxygen atoms in total. The number of hydrogen-bond acceptors (Lipinski definition) is 14. The van der Waals surface area contributed by atoms with Crippen LogP contribution in [0.4, 0.5) is 0 Å². The van der Waals surface area contributed by atoms with Crippen LogP contribution in [-0.2, 0) is 0 Å². The first-order chi connectivity index (χ1) is 63.4. The van der Waals surface area contributed by atoms with Crippen molar-refractivity contribution in [1.82, 2.24) is 78.9 Å². The van der Waals surface area contributed by atoms with Crippen LogP contribution in [0.25, 0.3) is 237 Å². The lowest BCUT2D eigenvalue weighted by atomic mass is 9.96. The average molecular weight is 1640 g/mol. The summed E-state index contributed by atoms with van der Waals surface area (Å²) in [6.07, 6.45) is 0. The highest BCUT2D eigenvalue weighted by Crippen LogP contribution is 2.46. The molecule has 23 aromatic rings. The van der Waals surface area contributed by atoms with Gasteiger partial charge in [0, 0.05) is 116 Å². The Hall–Kier alpha value is -17.8. The maximum atomic E-state index is 5.53. The molecule has 0 saturated heterocycles. The van der Waals surface area contributed by atoms with Gasteiger partial charge >= 0.3 is 0 Å². The molecule has 0 fully saturated rings. The molecular formula is C112H70N16. The molecule has 0 aliphatic rings. The predicted molar refractivity (Wildman–Crippen MR) is 511 cm³/mol. The highest BCUT2D eigenvalue weighted by molar-refractivity contribution is 6.14. The van der Waals surface area contributed by atoms with E-state index in [9.17, 15) is 0 Å². The summed E-state index contributed by atoms with van der Waals surface area (Å²) in [5.41, 5.74) is 21.5. The number of hydrogen-bond donors (Lipinski definition) is 0. The third-order valence-electron chi connectivity index (χ3n) is 23.2. The molecule has 0 saturated carbocycles. The van der Waals surface area contributed by atoms with Crippen LogP contribution in [0.2, 0.25) is 0 Å². The molecule has 0 aliphatic carbocycles. The standard InChI is InChI=1S/C112H70N16/c1-11-33-71(34-12-1)92-70-93(114-100(113-92)72-35-13-2-14-36-72)81-55-60-95(128-98-63-58-84(111-123-105(77-45-23-7-24-46-77)117-106(124-111)78-47-25-8-26-48-78)68-90(98)91-69-85(59-64-99(91)128)112-125-107(79-49-27-9-28-50-79)118-108(126-112)80-51-29-10-30-52-80)87(65-81)86-53-31-32-54-94(86)127-96-61-56-82(109-119-101(73-37-15-3-16-38-73)115-102(120-109)74-39-17-4-18-40-74)66-88(96)89-67-83(57-62-97(89)127)110-121-103(75-41-19-5-20-42-75)116-104(122-110)76-43-21-6-22-44-76/h1-70H. The van der Waals surface area contributed by atoms with Crippen LogP contribution < -0.4 is 0 Å². The van der Waals surface area contributed by atoms with Crippen LogP contribution >= 0.6 is 0 Å². The van der Waals surface area contributed by atoms with Crippen LogP contribution in [-0.4, -0.2) is 78.9 Å². The van der Waals surface area contributed by atoms with E-state index in [2.05, 4.69) is 155 Å². The fraction of sp³-hybridized carbons (Fsp3) is 0. The van der Waals surface area contributed by atoms with Crippen molar-refractivity contribution in [3.05, 3.63) is 425 Å². The van der Waals surface area contributed by atoms with Gasteiger partial charge in [0.15, 0.2) is 75.7 Å². The first kappa shape index (κ1) is 75.2. The van der Waals surface area contributed by atoms with Gasteiger partial charge in [0.25, 0.3) is 0 Å². The van der Waals surface area contributed by atoms with Gasteiger partial charge < -0.3 is 9.13 Å². The molecule has 0 spiro atoms. The van der Waals surface area contributed by atoms with E-state index in [1.807, 2.05) is 279 Å². The number of nitrogens with zero attached hydrogens (tertiary/aromatic N) is 16. The van der Waals surface area contributed by atoms with Crippen LogP contribution in [0.15, 0.2) is 425 Å². The Morgan fingerprint density at radius 3 is 0.578 bits per heavy atom. The van der Waals surface area contributed by atoms with E-state index in [1.165, 1.54) is 0 Å². The van der Waals surface area contributed by atoms with E-state index < -0.39 is 0 Å². The minimum absolute atomic E-state index is 0.512.